The van der Waals surface area contributed by atoms with Crippen LogP contribution in [0.4, 0.5) is 5.69 Å². The number of carbonyl (C=O) groups is 1. The summed E-state index contributed by atoms with van der Waals surface area (Å²) in [6.45, 7) is 4.88. The van der Waals surface area contributed by atoms with E-state index in [4.69, 9.17) is 16.2 Å². The average molecular weight is 360 g/mol. The van der Waals surface area contributed by atoms with Crippen molar-refractivity contribution >= 4 is 27.5 Å². The Morgan fingerprint density at radius 1 is 1.57 bits per heavy atom. The second-order valence-electron chi connectivity index (χ2n) is 5.24. The lowest BCUT2D eigenvalue weighted by Crippen LogP contribution is -2.51. The summed E-state index contributed by atoms with van der Waals surface area (Å²) in [4.78, 5) is 21.8. The number of ether oxygens (including phenoxy) is 1. The lowest BCUT2D eigenvalue weighted by molar-refractivity contribution is -0.386. The first-order valence-corrected chi connectivity index (χ1v) is 7.04. The van der Waals surface area contributed by atoms with Crippen molar-refractivity contribution in [2.75, 3.05) is 0 Å². The molecule has 0 heterocycles. The summed E-state index contributed by atoms with van der Waals surface area (Å²) in [6, 6.07) is 3.08. The van der Waals surface area contributed by atoms with Crippen LogP contribution in [0.2, 0.25) is 0 Å². The summed E-state index contributed by atoms with van der Waals surface area (Å²) >= 11 is 3.21. The van der Waals surface area contributed by atoms with E-state index in [1.807, 2.05) is 0 Å². The minimum absolute atomic E-state index is 0.147. The molecule has 0 spiro atoms. The second kappa shape index (κ2) is 6.40. The maximum Gasteiger partial charge on any atom is 0.312 e. The number of hydrogen-bond donors (Lipinski definition) is 2. The minimum Gasteiger partial charge on any atom is -0.484 e. The molecular weight excluding hydrogens is 342 g/mol. The summed E-state index contributed by atoms with van der Waals surface area (Å²) in [5.74, 6) is -0.490. The molecule has 2 atom stereocenters. The standard InChI is InChI=1S/C13H18BrN3O4/c1-7-4-9(14)5-10(17(19)20)11(7)21-8(2)6-13(3,16)12(15)18/h4-5,8H,6,16H2,1-3H3,(H2,15,18). The Kier molecular flexibility index (Phi) is 5.30. The number of benzene rings is 1. The van der Waals surface area contributed by atoms with Crippen LogP contribution in [0.25, 0.3) is 0 Å². The molecule has 0 saturated carbocycles. The molecular formula is C13H18BrN3O4. The number of halogens is 1. The summed E-state index contributed by atoms with van der Waals surface area (Å²) in [6.07, 6.45) is -0.360. The maximum absolute atomic E-state index is 11.2. The Bertz CT molecular complexity index is 575. The summed E-state index contributed by atoms with van der Waals surface area (Å²) in [5, 5.41) is 11.1. The summed E-state index contributed by atoms with van der Waals surface area (Å²) in [5.41, 5.74) is 10.2. The molecule has 0 saturated heterocycles. The fourth-order valence-electron chi connectivity index (χ4n) is 1.94. The van der Waals surface area contributed by atoms with Crippen LogP contribution >= 0.6 is 15.9 Å². The fourth-order valence-corrected chi connectivity index (χ4v) is 2.50. The highest BCUT2D eigenvalue weighted by molar-refractivity contribution is 9.10. The molecule has 7 nitrogen and oxygen atoms in total. The van der Waals surface area contributed by atoms with Gasteiger partial charge in [-0.15, -0.1) is 0 Å². The van der Waals surface area contributed by atoms with Crippen LogP contribution in [0, 0.1) is 17.0 Å². The molecule has 116 valence electrons. The third kappa shape index (κ3) is 4.40. The Labute approximate surface area is 130 Å². The van der Waals surface area contributed by atoms with E-state index in [0.29, 0.717) is 10.0 Å². The molecule has 2 unspecified atom stereocenters. The SMILES string of the molecule is Cc1cc(Br)cc([N+](=O)[O-])c1OC(C)CC(C)(N)C(N)=O. The number of amides is 1. The van der Waals surface area contributed by atoms with Crippen molar-refractivity contribution in [3.63, 3.8) is 0 Å². The smallest absolute Gasteiger partial charge is 0.312 e. The van der Waals surface area contributed by atoms with Crippen LogP contribution in [-0.4, -0.2) is 22.5 Å². The van der Waals surface area contributed by atoms with Crippen LogP contribution in [0.1, 0.15) is 25.8 Å². The topological polar surface area (TPSA) is 121 Å². The quantitative estimate of drug-likeness (QED) is 0.594. The largest absolute Gasteiger partial charge is 0.484 e. The second-order valence-corrected chi connectivity index (χ2v) is 6.16. The number of nitro groups is 1. The van der Waals surface area contributed by atoms with Gasteiger partial charge in [0.15, 0.2) is 5.75 Å². The summed E-state index contributed by atoms with van der Waals surface area (Å²) in [7, 11) is 0. The molecule has 0 aliphatic heterocycles. The first-order valence-electron chi connectivity index (χ1n) is 6.24. The van der Waals surface area contributed by atoms with Crippen molar-refractivity contribution in [2.45, 2.75) is 38.8 Å². The highest BCUT2D eigenvalue weighted by Gasteiger charge is 2.30. The number of nitro benzene ring substituents is 1. The molecule has 1 rings (SSSR count). The minimum atomic E-state index is -1.24. The van der Waals surface area contributed by atoms with Crippen LogP contribution < -0.4 is 16.2 Å². The van der Waals surface area contributed by atoms with Crippen LogP contribution in [0.5, 0.6) is 5.75 Å². The third-order valence-corrected chi connectivity index (χ3v) is 3.47. The fraction of sp³-hybridized carbons (Fsp3) is 0.462. The summed E-state index contributed by atoms with van der Waals surface area (Å²) < 4.78 is 6.22. The van der Waals surface area contributed by atoms with Crippen molar-refractivity contribution in [1.29, 1.82) is 0 Å². The van der Waals surface area contributed by atoms with Gasteiger partial charge < -0.3 is 16.2 Å². The molecule has 0 aromatic heterocycles. The third-order valence-electron chi connectivity index (χ3n) is 3.01. The van der Waals surface area contributed by atoms with Crippen LogP contribution in [0.3, 0.4) is 0 Å². The van der Waals surface area contributed by atoms with Crippen molar-refractivity contribution in [3.8, 4) is 5.75 Å². The number of nitrogens with two attached hydrogens (primary N) is 2. The van der Waals surface area contributed by atoms with E-state index >= 15 is 0 Å². The molecule has 0 aliphatic rings. The number of rotatable bonds is 6. The number of nitrogens with zero attached hydrogens (tertiary/aromatic N) is 1. The van der Waals surface area contributed by atoms with Crippen LogP contribution in [0.15, 0.2) is 16.6 Å². The van der Waals surface area contributed by atoms with Crippen molar-refractivity contribution < 1.29 is 14.5 Å². The Hall–Kier alpha value is -1.67. The van der Waals surface area contributed by atoms with Gasteiger partial charge in [0.05, 0.1) is 16.6 Å². The number of primary amides is 1. The first-order chi connectivity index (χ1) is 9.54. The van der Waals surface area contributed by atoms with Gasteiger partial charge in [-0.2, -0.15) is 0 Å². The molecule has 1 aromatic carbocycles. The molecule has 8 heteroatoms. The maximum atomic E-state index is 11.2. The van der Waals surface area contributed by atoms with Gasteiger partial charge in [-0.05, 0) is 32.4 Å². The lowest BCUT2D eigenvalue weighted by atomic mass is 9.95. The van der Waals surface area contributed by atoms with E-state index in [9.17, 15) is 14.9 Å². The van der Waals surface area contributed by atoms with E-state index in [-0.39, 0.29) is 17.9 Å². The molecule has 4 N–H and O–H groups in total. The highest BCUT2D eigenvalue weighted by Crippen LogP contribution is 2.35. The molecule has 1 aromatic rings. The zero-order valence-corrected chi connectivity index (χ0v) is 13.6. The molecule has 0 fully saturated rings. The Balaban J connectivity index is 3.03. The van der Waals surface area contributed by atoms with Gasteiger partial charge in [-0.3, -0.25) is 14.9 Å². The van der Waals surface area contributed by atoms with Gasteiger partial charge in [-0.25, -0.2) is 0 Å². The van der Waals surface area contributed by atoms with Gasteiger partial charge in [0.25, 0.3) is 0 Å². The van der Waals surface area contributed by atoms with Gasteiger partial charge in [0.1, 0.15) is 0 Å². The number of carbonyl (C=O) groups excluding carboxylic acids is 1. The van der Waals surface area contributed by atoms with E-state index in [1.54, 1.807) is 19.9 Å². The molecule has 1 amide bonds. The van der Waals surface area contributed by atoms with E-state index in [1.165, 1.54) is 13.0 Å². The lowest BCUT2D eigenvalue weighted by Gasteiger charge is -2.25. The zero-order chi connectivity index (χ0) is 16.4. The van der Waals surface area contributed by atoms with E-state index < -0.39 is 22.5 Å². The normalized spacial score (nSPS) is 15.1. The predicted octanol–water partition coefficient (Wildman–Crippen LogP) is 2.03. The van der Waals surface area contributed by atoms with Crippen molar-refractivity contribution in [3.05, 3.63) is 32.3 Å². The monoisotopic (exact) mass is 359 g/mol. The molecule has 21 heavy (non-hydrogen) atoms. The van der Waals surface area contributed by atoms with E-state index in [2.05, 4.69) is 15.9 Å². The van der Waals surface area contributed by atoms with Gasteiger partial charge in [0, 0.05) is 17.0 Å². The molecule has 0 radical (unpaired) electrons. The van der Waals surface area contributed by atoms with Crippen LogP contribution in [-0.2, 0) is 4.79 Å². The number of hydrogen-bond acceptors (Lipinski definition) is 5. The number of aryl methyl sites for hydroxylation is 1. The van der Waals surface area contributed by atoms with Crippen molar-refractivity contribution in [2.24, 2.45) is 11.5 Å². The zero-order valence-electron chi connectivity index (χ0n) is 12.1. The Morgan fingerprint density at radius 3 is 2.62 bits per heavy atom. The predicted molar refractivity (Wildman–Crippen MR) is 82.0 cm³/mol. The van der Waals surface area contributed by atoms with Crippen molar-refractivity contribution in [1.82, 2.24) is 0 Å². The van der Waals surface area contributed by atoms with Gasteiger partial charge in [0.2, 0.25) is 5.91 Å². The molecule has 0 aliphatic carbocycles. The van der Waals surface area contributed by atoms with Gasteiger partial charge >= 0.3 is 5.69 Å². The first kappa shape index (κ1) is 17.4. The van der Waals surface area contributed by atoms with E-state index in [0.717, 1.165) is 0 Å². The highest BCUT2D eigenvalue weighted by atomic mass is 79.9. The average Bonchev–Trinajstić information content (AvgIpc) is 2.31. The molecule has 0 bridgehead atoms. The Morgan fingerprint density at radius 2 is 2.14 bits per heavy atom. The van der Waals surface area contributed by atoms with Gasteiger partial charge in [-0.1, -0.05) is 15.9 Å².